The second-order valence-electron chi connectivity index (χ2n) is 5.73. The van der Waals surface area contributed by atoms with Crippen LogP contribution in [0.25, 0.3) is 5.65 Å². The number of fused-ring (bicyclic) bond motifs is 1. The van der Waals surface area contributed by atoms with Gasteiger partial charge in [0.25, 0.3) is 0 Å². The first kappa shape index (κ1) is 12.9. The molecule has 100 valence electrons. The van der Waals surface area contributed by atoms with Crippen molar-refractivity contribution in [2.24, 2.45) is 0 Å². The fraction of sp³-hybridized carbons (Fsp3) is 0.500. The van der Waals surface area contributed by atoms with Gasteiger partial charge in [-0.3, -0.25) is 0 Å². The molecule has 19 heavy (non-hydrogen) atoms. The number of aromatic nitrogens is 3. The normalized spacial score (nSPS) is 21.2. The Morgan fingerprint density at radius 3 is 2.42 bits per heavy atom. The summed E-state index contributed by atoms with van der Waals surface area (Å²) in [6, 6.07) is 0. The maximum Gasteiger partial charge on any atom is 0.500 e. The molecule has 3 heterocycles. The molecule has 0 radical (unpaired) electrons. The van der Waals surface area contributed by atoms with Gasteiger partial charge in [-0.25, -0.2) is 9.50 Å². The molecule has 0 saturated carbocycles. The standard InChI is InChI=1S/C12H15BClN3O2/c1-11(2)12(3,4)19-13(18-11)9-6-16-17-7-8(14)5-15-10(9)17/h5-7H,1-4H3. The zero-order chi connectivity index (χ0) is 13.8. The Hall–Kier alpha value is -1.11. The Bertz CT molecular complexity index is 625. The number of nitrogens with zero attached hydrogens (tertiary/aromatic N) is 3. The highest BCUT2D eigenvalue weighted by atomic mass is 35.5. The van der Waals surface area contributed by atoms with Crippen molar-refractivity contribution in [1.82, 2.24) is 14.6 Å². The fourth-order valence-corrected chi connectivity index (χ4v) is 2.15. The van der Waals surface area contributed by atoms with Crippen LogP contribution in [-0.2, 0) is 9.31 Å². The SMILES string of the molecule is CC1(C)OB(c2cnn3cc(Cl)cnc23)OC1(C)C. The second kappa shape index (κ2) is 3.94. The molecule has 1 aliphatic heterocycles. The summed E-state index contributed by atoms with van der Waals surface area (Å²) in [7, 11) is -0.462. The zero-order valence-electron chi connectivity index (χ0n) is 11.3. The van der Waals surface area contributed by atoms with Crippen LogP contribution in [0, 0.1) is 0 Å². The van der Waals surface area contributed by atoms with E-state index in [0.717, 1.165) is 5.46 Å². The minimum absolute atomic E-state index is 0.377. The average molecular weight is 280 g/mol. The highest BCUT2D eigenvalue weighted by Gasteiger charge is 2.52. The largest absolute Gasteiger partial charge is 0.500 e. The molecule has 1 saturated heterocycles. The maximum absolute atomic E-state index is 6.00. The summed E-state index contributed by atoms with van der Waals surface area (Å²) >= 11 is 5.89. The van der Waals surface area contributed by atoms with Crippen LogP contribution in [0.4, 0.5) is 0 Å². The van der Waals surface area contributed by atoms with Crippen molar-refractivity contribution >= 4 is 29.8 Å². The molecule has 7 heteroatoms. The number of rotatable bonds is 1. The second-order valence-corrected chi connectivity index (χ2v) is 6.16. The first-order valence-corrected chi connectivity index (χ1v) is 6.52. The van der Waals surface area contributed by atoms with Gasteiger partial charge in [0.15, 0.2) is 5.65 Å². The van der Waals surface area contributed by atoms with Gasteiger partial charge < -0.3 is 9.31 Å². The lowest BCUT2D eigenvalue weighted by molar-refractivity contribution is 0.00578. The molecule has 1 fully saturated rings. The predicted octanol–water partition coefficient (Wildman–Crippen LogP) is 1.68. The minimum Gasteiger partial charge on any atom is -0.399 e. The lowest BCUT2D eigenvalue weighted by Gasteiger charge is -2.32. The van der Waals surface area contributed by atoms with Crippen molar-refractivity contribution in [2.75, 3.05) is 0 Å². The van der Waals surface area contributed by atoms with Crippen molar-refractivity contribution in [3.8, 4) is 0 Å². The van der Waals surface area contributed by atoms with Gasteiger partial charge in [-0.05, 0) is 27.7 Å². The summed E-state index contributed by atoms with van der Waals surface area (Å²) in [5, 5.41) is 4.77. The molecular weight excluding hydrogens is 264 g/mol. The van der Waals surface area contributed by atoms with Crippen LogP contribution in [-0.4, -0.2) is 32.9 Å². The molecule has 0 aromatic carbocycles. The molecule has 0 N–H and O–H groups in total. The highest BCUT2D eigenvalue weighted by Crippen LogP contribution is 2.36. The third-order valence-electron chi connectivity index (χ3n) is 3.86. The zero-order valence-corrected chi connectivity index (χ0v) is 12.1. The van der Waals surface area contributed by atoms with E-state index in [9.17, 15) is 0 Å². The molecule has 0 atom stereocenters. The van der Waals surface area contributed by atoms with E-state index in [1.54, 1.807) is 23.1 Å². The van der Waals surface area contributed by atoms with E-state index in [0.29, 0.717) is 10.7 Å². The van der Waals surface area contributed by atoms with Crippen LogP contribution in [0.1, 0.15) is 27.7 Å². The maximum atomic E-state index is 6.00. The summed E-state index contributed by atoms with van der Waals surface area (Å²) in [4.78, 5) is 4.29. The van der Waals surface area contributed by atoms with E-state index in [2.05, 4.69) is 10.1 Å². The van der Waals surface area contributed by atoms with Crippen molar-refractivity contribution in [3.05, 3.63) is 23.6 Å². The summed E-state index contributed by atoms with van der Waals surface area (Å²) in [5.41, 5.74) is 0.759. The number of hydrogen-bond acceptors (Lipinski definition) is 4. The Balaban J connectivity index is 2.03. The van der Waals surface area contributed by atoms with E-state index in [1.165, 1.54) is 0 Å². The monoisotopic (exact) mass is 279 g/mol. The van der Waals surface area contributed by atoms with Gasteiger partial charge in [-0.15, -0.1) is 0 Å². The van der Waals surface area contributed by atoms with Crippen LogP contribution >= 0.6 is 11.6 Å². The topological polar surface area (TPSA) is 48.7 Å². The first-order chi connectivity index (χ1) is 8.80. The molecule has 3 rings (SSSR count). The average Bonchev–Trinajstić information content (AvgIpc) is 2.77. The Morgan fingerprint density at radius 1 is 1.16 bits per heavy atom. The summed E-state index contributed by atoms with van der Waals surface area (Å²) in [6.45, 7) is 8.07. The molecule has 2 aromatic rings. The third-order valence-corrected chi connectivity index (χ3v) is 4.05. The smallest absolute Gasteiger partial charge is 0.399 e. The van der Waals surface area contributed by atoms with E-state index < -0.39 is 7.12 Å². The Kier molecular flexibility index (Phi) is 2.68. The van der Waals surface area contributed by atoms with Crippen molar-refractivity contribution in [3.63, 3.8) is 0 Å². The Morgan fingerprint density at radius 2 is 1.79 bits per heavy atom. The summed E-state index contributed by atoms with van der Waals surface area (Å²) in [5.74, 6) is 0. The summed E-state index contributed by atoms with van der Waals surface area (Å²) < 4.78 is 13.6. The van der Waals surface area contributed by atoms with Crippen molar-refractivity contribution in [2.45, 2.75) is 38.9 Å². The van der Waals surface area contributed by atoms with E-state index in [-0.39, 0.29) is 11.2 Å². The molecule has 0 spiro atoms. The molecule has 0 unspecified atom stereocenters. The number of hydrogen-bond donors (Lipinski definition) is 0. The van der Waals surface area contributed by atoms with Crippen LogP contribution < -0.4 is 5.46 Å². The van der Waals surface area contributed by atoms with Gasteiger partial charge in [-0.2, -0.15) is 5.10 Å². The van der Waals surface area contributed by atoms with Gasteiger partial charge >= 0.3 is 7.12 Å². The molecule has 5 nitrogen and oxygen atoms in total. The molecule has 0 aliphatic carbocycles. The molecule has 1 aliphatic rings. The molecule has 0 amide bonds. The van der Waals surface area contributed by atoms with Crippen LogP contribution in [0.3, 0.4) is 0 Å². The van der Waals surface area contributed by atoms with Crippen LogP contribution in [0.15, 0.2) is 18.6 Å². The van der Waals surface area contributed by atoms with Gasteiger partial charge in [0, 0.05) is 11.7 Å². The quantitative estimate of drug-likeness (QED) is 0.745. The van der Waals surface area contributed by atoms with Crippen molar-refractivity contribution < 1.29 is 9.31 Å². The number of halogens is 1. The highest BCUT2D eigenvalue weighted by molar-refractivity contribution is 6.64. The minimum atomic E-state index is -0.462. The van der Waals surface area contributed by atoms with Gasteiger partial charge in [-0.1, -0.05) is 11.6 Å². The first-order valence-electron chi connectivity index (χ1n) is 6.15. The van der Waals surface area contributed by atoms with E-state index in [1.807, 2.05) is 27.7 Å². The fourth-order valence-electron chi connectivity index (χ4n) is 2.01. The van der Waals surface area contributed by atoms with Crippen LogP contribution in [0.5, 0.6) is 0 Å². The lowest BCUT2D eigenvalue weighted by atomic mass is 9.81. The Labute approximate surface area is 117 Å². The van der Waals surface area contributed by atoms with Gasteiger partial charge in [0.1, 0.15) is 0 Å². The third kappa shape index (κ3) is 1.95. The molecular formula is C12H15BClN3O2. The summed E-state index contributed by atoms with van der Waals surface area (Å²) in [6.07, 6.45) is 5.01. The molecule has 2 aromatic heterocycles. The lowest BCUT2D eigenvalue weighted by Crippen LogP contribution is -2.41. The van der Waals surface area contributed by atoms with E-state index >= 15 is 0 Å². The molecule has 0 bridgehead atoms. The van der Waals surface area contributed by atoms with E-state index in [4.69, 9.17) is 20.9 Å². The predicted molar refractivity (Wildman–Crippen MR) is 73.7 cm³/mol. The van der Waals surface area contributed by atoms with Crippen molar-refractivity contribution in [1.29, 1.82) is 0 Å². The van der Waals surface area contributed by atoms with Gasteiger partial charge in [0.05, 0.1) is 28.6 Å². The van der Waals surface area contributed by atoms with Crippen LogP contribution in [0.2, 0.25) is 5.02 Å². The van der Waals surface area contributed by atoms with Gasteiger partial charge in [0.2, 0.25) is 0 Å².